The lowest BCUT2D eigenvalue weighted by Crippen LogP contribution is -2.15. The first-order valence-corrected chi connectivity index (χ1v) is 6.48. The van der Waals surface area contributed by atoms with E-state index in [9.17, 15) is 0 Å². The van der Waals surface area contributed by atoms with Crippen LogP contribution in [0.5, 0.6) is 5.75 Å². The molecule has 0 spiro atoms. The molecule has 0 amide bonds. The van der Waals surface area contributed by atoms with Crippen molar-refractivity contribution in [3.05, 3.63) is 12.1 Å². The summed E-state index contributed by atoms with van der Waals surface area (Å²) in [4.78, 5) is 0. The normalized spacial score (nSPS) is 17.1. The summed E-state index contributed by atoms with van der Waals surface area (Å²) in [6.07, 6.45) is 6.51. The summed E-state index contributed by atoms with van der Waals surface area (Å²) < 4.78 is 10.6. The molecule has 0 aliphatic heterocycles. The van der Waals surface area contributed by atoms with Gasteiger partial charge in [0.25, 0.3) is 0 Å². The third kappa shape index (κ3) is 2.12. The van der Waals surface area contributed by atoms with Crippen molar-refractivity contribution in [2.75, 3.05) is 12.3 Å². The quantitative estimate of drug-likeness (QED) is 0.844. The van der Waals surface area contributed by atoms with E-state index in [0.717, 1.165) is 6.61 Å². The second-order valence-corrected chi connectivity index (χ2v) is 4.93. The Balaban J connectivity index is 1.74. The topological polar surface area (TPSA) is 74.2 Å². The zero-order valence-corrected chi connectivity index (χ0v) is 10.3. The van der Waals surface area contributed by atoms with Gasteiger partial charge in [-0.1, -0.05) is 19.3 Å². The molecule has 96 valence electrons. The van der Waals surface area contributed by atoms with Crippen LogP contribution < -0.4 is 10.5 Å². The van der Waals surface area contributed by atoms with Crippen LogP contribution in [0.2, 0.25) is 0 Å². The molecule has 1 aliphatic carbocycles. The van der Waals surface area contributed by atoms with Crippen molar-refractivity contribution >= 4 is 16.7 Å². The molecular weight excluding hydrogens is 230 g/mol. The van der Waals surface area contributed by atoms with Gasteiger partial charge in [0.1, 0.15) is 0 Å². The van der Waals surface area contributed by atoms with Gasteiger partial charge in [0, 0.05) is 0 Å². The van der Waals surface area contributed by atoms with E-state index in [1.807, 2.05) is 6.07 Å². The van der Waals surface area contributed by atoms with Gasteiger partial charge >= 0.3 is 0 Å². The van der Waals surface area contributed by atoms with E-state index in [4.69, 9.17) is 15.1 Å². The molecule has 0 unspecified atom stereocenters. The van der Waals surface area contributed by atoms with Gasteiger partial charge in [-0.05, 0) is 41.2 Å². The third-order valence-electron chi connectivity index (χ3n) is 3.61. The average Bonchev–Trinajstić information content (AvgIpc) is 2.90. The molecule has 0 saturated heterocycles. The molecule has 3 rings (SSSR count). The van der Waals surface area contributed by atoms with E-state index < -0.39 is 0 Å². The third-order valence-corrected chi connectivity index (χ3v) is 3.61. The Morgan fingerprint density at radius 3 is 2.78 bits per heavy atom. The van der Waals surface area contributed by atoms with Crippen LogP contribution in [0, 0.1) is 5.92 Å². The van der Waals surface area contributed by atoms with Gasteiger partial charge in [0.05, 0.1) is 12.3 Å². The molecule has 2 N–H and O–H groups in total. The van der Waals surface area contributed by atoms with Gasteiger partial charge in [0.15, 0.2) is 16.8 Å². The van der Waals surface area contributed by atoms with Crippen molar-refractivity contribution in [3.63, 3.8) is 0 Å². The number of rotatable bonds is 3. The maximum atomic E-state index is 5.85. The van der Waals surface area contributed by atoms with Crippen molar-refractivity contribution in [1.82, 2.24) is 10.3 Å². The largest absolute Gasteiger partial charge is 0.491 e. The number of hydrogen-bond donors (Lipinski definition) is 1. The van der Waals surface area contributed by atoms with Crippen LogP contribution in [0.25, 0.3) is 11.0 Å². The van der Waals surface area contributed by atoms with Crippen molar-refractivity contribution < 1.29 is 9.37 Å². The lowest BCUT2D eigenvalue weighted by molar-refractivity contribution is 0.210. The first-order valence-electron chi connectivity index (χ1n) is 6.48. The van der Waals surface area contributed by atoms with Gasteiger partial charge < -0.3 is 10.5 Å². The molecule has 5 nitrogen and oxygen atoms in total. The summed E-state index contributed by atoms with van der Waals surface area (Å²) >= 11 is 0. The molecule has 1 saturated carbocycles. The van der Waals surface area contributed by atoms with E-state index in [1.165, 1.54) is 32.1 Å². The number of hydrogen-bond acceptors (Lipinski definition) is 5. The molecule has 2 aromatic rings. The summed E-state index contributed by atoms with van der Waals surface area (Å²) in [7, 11) is 0. The van der Waals surface area contributed by atoms with E-state index in [1.54, 1.807) is 6.07 Å². The molecule has 1 aromatic heterocycles. The zero-order chi connectivity index (χ0) is 12.4. The fourth-order valence-corrected chi connectivity index (χ4v) is 2.54. The van der Waals surface area contributed by atoms with Crippen molar-refractivity contribution in [1.29, 1.82) is 0 Å². The predicted molar refractivity (Wildman–Crippen MR) is 68.3 cm³/mol. The Labute approximate surface area is 105 Å². The summed E-state index contributed by atoms with van der Waals surface area (Å²) in [6, 6.07) is 3.62. The first-order chi connectivity index (χ1) is 8.84. The number of ether oxygens (including phenoxy) is 1. The molecule has 0 radical (unpaired) electrons. The molecule has 5 heteroatoms. The molecular formula is C13H17N3O2. The van der Waals surface area contributed by atoms with E-state index in [2.05, 4.69) is 10.3 Å². The highest BCUT2D eigenvalue weighted by molar-refractivity contribution is 5.90. The summed E-state index contributed by atoms with van der Waals surface area (Å²) in [6.45, 7) is 0.742. The Bertz CT molecular complexity index is 532. The van der Waals surface area contributed by atoms with Crippen LogP contribution in [-0.2, 0) is 0 Å². The minimum absolute atomic E-state index is 0.566. The van der Waals surface area contributed by atoms with Crippen LogP contribution in [-0.4, -0.2) is 16.9 Å². The van der Waals surface area contributed by atoms with Crippen molar-refractivity contribution in [3.8, 4) is 5.75 Å². The second-order valence-electron chi connectivity index (χ2n) is 4.93. The van der Waals surface area contributed by atoms with Crippen LogP contribution in [0.4, 0.5) is 5.69 Å². The molecule has 1 aromatic carbocycles. The smallest absolute Gasteiger partial charge is 0.179 e. The van der Waals surface area contributed by atoms with Crippen molar-refractivity contribution in [2.24, 2.45) is 5.92 Å². The van der Waals surface area contributed by atoms with Gasteiger partial charge in [-0.15, -0.1) is 0 Å². The summed E-state index contributed by atoms with van der Waals surface area (Å²) in [5.74, 6) is 1.37. The van der Waals surface area contributed by atoms with Crippen molar-refractivity contribution in [2.45, 2.75) is 32.1 Å². The maximum absolute atomic E-state index is 5.85. The highest BCUT2D eigenvalue weighted by Gasteiger charge is 2.16. The Morgan fingerprint density at radius 1 is 1.17 bits per heavy atom. The number of nitrogen functional groups attached to an aromatic ring is 1. The number of nitrogens with zero attached hydrogens (tertiary/aromatic N) is 2. The number of fused-ring (bicyclic) bond motifs is 1. The fourth-order valence-electron chi connectivity index (χ4n) is 2.54. The Hall–Kier alpha value is -1.78. The summed E-state index contributed by atoms with van der Waals surface area (Å²) in [5, 5.41) is 7.63. The SMILES string of the molecule is Nc1ccc(OCC2CCCCC2)c2nonc12. The molecule has 18 heavy (non-hydrogen) atoms. The number of nitrogens with two attached hydrogens (primary N) is 1. The fraction of sp³-hybridized carbons (Fsp3) is 0.538. The lowest BCUT2D eigenvalue weighted by atomic mass is 9.90. The van der Waals surface area contributed by atoms with Gasteiger partial charge in [-0.25, -0.2) is 4.63 Å². The number of benzene rings is 1. The minimum atomic E-state index is 0.566. The van der Waals surface area contributed by atoms with E-state index in [0.29, 0.717) is 28.4 Å². The maximum Gasteiger partial charge on any atom is 0.179 e. The second kappa shape index (κ2) is 4.84. The first kappa shape index (κ1) is 11.3. The number of aromatic nitrogens is 2. The Kier molecular flexibility index (Phi) is 3.04. The van der Waals surface area contributed by atoms with Crippen LogP contribution in [0.3, 0.4) is 0 Å². The summed E-state index contributed by atoms with van der Waals surface area (Å²) in [5.41, 5.74) is 7.55. The molecule has 1 aliphatic rings. The Morgan fingerprint density at radius 2 is 1.94 bits per heavy atom. The minimum Gasteiger partial charge on any atom is -0.491 e. The van der Waals surface area contributed by atoms with Crippen LogP contribution in [0.15, 0.2) is 16.8 Å². The molecule has 1 fully saturated rings. The molecule has 1 heterocycles. The number of anilines is 1. The van der Waals surface area contributed by atoms with Gasteiger partial charge in [0.2, 0.25) is 0 Å². The molecule has 0 atom stereocenters. The van der Waals surface area contributed by atoms with E-state index >= 15 is 0 Å². The monoisotopic (exact) mass is 247 g/mol. The van der Waals surface area contributed by atoms with Gasteiger partial charge in [-0.2, -0.15) is 0 Å². The van der Waals surface area contributed by atoms with Gasteiger partial charge in [-0.3, -0.25) is 0 Å². The molecule has 0 bridgehead atoms. The highest BCUT2D eigenvalue weighted by atomic mass is 16.6. The van der Waals surface area contributed by atoms with Crippen LogP contribution in [0.1, 0.15) is 32.1 Å². The predicted octanol–water partition coefficient (Wildman–Crippen LogP) is 2.76. The zero-order valence-electron chi connectivity index (χ0n) is 10.3. The highest BCUT2D eigenvalue weighted by Crippen LogP contribution is 2.29. The van der Waals surface area contributed by atoms with E-state index in [-0.39, 0.29) is 0 Å². The van der Waals surface area contributed by atoms with Crippen LogP contribution >= 0.6 is 0 Å². The average molecular weight is 247 g/mol. The standard InChI is InChI=1S/C13H17N3O2/c14-10-6-7-11(13-12(10)15-18-16-13)17-8-9-4-2-1-3-5-9/h6-7,9H,1-5,8,14H2. The lowest BCUT2D eigenvalue weighted by Gasteiger charge is -2.21.